The monoisotopic (exact) mass is 373 g/mol. The van der Waals surface area contributed by atoms with Crippen LogP contribution in [0.15, 0.2) is 47.4 Å². The van der Waals surface area contributed by atoms with Crippen molar-refractivity contribution in [3.05, 3.63) is 63.4 Å². The standard InChI is InChI=1S/C14H13ClFN3O4S/c15-13-9-10(16)1-6-14(13)24(22,23)18-8-7-17-11-2-4-12(5-3-11)19(20)21/h1-6,9,17-18H,7-8H2. The predicted molar refractivity (Wildman–Crippen MR) is 88.2 cm³/mol. The van der Waals surface area contributed by atoms with E-state index in [0.717, 1.165) is 18.2 Å². The van der Waals surface area contributed by atoms with Crippen molar-refractivity contribution in [2.45, 2.75) is 4.90 Å². The Balaban J connectivity index is 1.90. The summed E-state index contributed by atoms with van der Waals surface area (Å²) in [4.78, 5) is 9.82. The highest BCUT2D eigenvalue weighted by atomic mass is 35.5. The van der Waals surface area contributed by atoms with Crippen molar-refractivity contribution in [1.29, 1.82) is 0 Å². The fourth-order valence-corrected chi connectivity index (χ4v) is 3.43. The number of rotatable bonds is 7. The maximum atomic E-state index is 13.0. The lowest BCUT2D eigenvalue weighted by molar-refractivity contribution is -0.384. The van der Waals surface area contributed by atoms with Crippen molar-refractivity contribution >= 4 is 33.0 Å². The van der Waals surface area contributed by atoms with E-state index in [4.69, 9.17) is 11.6 Å². The molecule has 0 saturated carbocycles. The minimum Gasteiger partial charge on any atom is -0.384 e. The molecule has 128 valence electrons. The highest BCUT2D eigenvalue weighted by molar-refractivity contribution is 7.89. The van der Waals surface area contributed by atoms with Gasteiger partial charge in [-0.3, -0.25) is 10.1 Å². The summed E-state index contributed by atoms with van der Waals surface area (Å²) >= 11 is 5.73. The van der Waals surface area contributed by atoms with Gasteiger partial charge in [0.15, 0.2) is 0 Å². The first-order valence-corrected chi connectivity index (χ1v) is 8.59. The molecule has 0 spiro atoms. The molecule has 24 heavy (non-hydrogen) atoms. The number of nitrogens with one attached hydrogen (secondary N) is 2. The zero-order chi connectivity index (χ0) is 17.7. The number of hydrogen-bond acceptors (Lipinski definition) is 5. The van der Waals surface area contributed by atoms with E-state index in [1.165, 1.54) is 24.3 Å². The Morgan fingerprint density at radius 2 is 1.79 bits per heavy atom. The molecule has 0 bridgehead atoms. The van der Waals surface area contributed by atoms with E-state index in [1.807, 2.05) is 0 Å². The van der Waals surface area contributed by atoms with Gasteiger partial charge in [-0.2, -0.15) is 0 Å². The molecule has 2 N–H and O–H groups in total. The van der Waals surface area contributed by atoms with E-state index in [0.29, 0.717) is 5.69 Å². The van der Waals surface area contributed by atoms with Crippen LogP contribution in [0.2, 0.25) is 5.02 Å². The van der Waals surface area contributed by atoms with Gasteiger partial charge in [0.25, 0.3) is 5.69 Å². The molecule has 0 unspecified atom stereocenters. The molecule has 10 heteroatoms. The van der Waals surface area contributed by atoms with E-state index in [2.05, 4.69) is 10.0 Å². The van der Waals surface area contributed by atoms with Crippen LogP contribution < -0.4 is 10.0 Å². The van der Waals surface area contributed by atoms with Gasteiger partial charge in [0.2, 0.25) is 10.0 Å². The lowest BCUT2D eigenvalue weighted by atomic mass is 10.3. The third kappa shape index (κ3) is 4.63. The second kappa shape index (κ2) is 7.56. The number of nitro benzene ring substituents is 1. The third-order valence-corrected chi connectivity index (χ3v) is 4.95. The van der Waals surface area contributed by atoms with E-state index >= 15 is 0 Å². The van der Waals surface area contributed by atoms with Gasteiger partial charge >= 0.3 is 0 Å². The number of sulfonamides is 1. The highest BCUT2D eigenvalue weighted by Gasteiger charge is 2.17. The van der Waals surface area contributed by atoms with Crippen molar-refractivity contribution < 1.29 is 17.7 Å². The lowest BCUT2D eigenvalue weighted by Gasteiger charge is -2.10. The molecule has 0 radical (unpaired) electrons. The Hall–Kier alpha value is -2.23. The summed E-state index contributed by atoms with van der Waals surface area (Å²) in [5.41, 5.74) is 0.576. The largest absolute Gasteiger partial charge is 0.384 e. The maximum Gasteiger partial charge on any atom is 0.269 e. The van der Waals surface area contributed by atoms with Crippen molar-refractivity contribution in [2.75, 3.05) is 18.4 Å². The Bertz CT molecular complexity index is 844. The molecule has 0 heterocycles. The summed E-state index contributed by atoms with van der Waals surface area (Å²) in [6.07, 6.45) is 0. The highest BCUT2D eigenvalue weighted by Crippen LogP contribution is 2.21. The second-order valence-electron chi connectivity index (χ2n) is 4.70. The first kappa shape index (κ1) is 18.1. The van der Waals surface area contributed by atoms with E-state index in [9.17, 15) is 22.9 Å². The number of hydrogen-bond donors (Lipinski definition) is 2. The molecule has 0 aliphatic rings. The van der Waals surface area contributed by atoms with E-state index in [1.54, 1.807) is 0 Å². The van der Waals surface area contributed by atoms with Crippen LogP contribution in [0.1, 0.15) is 0 Å². The van der Waals surface area contributed by atoms with Gasteiger partial charge in [-0.1, -0.05) is 11.6 Å². The fraction of sp³-hybridized carbons (Fsp3) is 0.143. The Labute approximate surface area is 142 Å². The minimum absolute atomic E-state index is 0.0350. The summed E-state index contributed by atoms with van der Waals surface area (Å²) < 4.78 is 39.4. The van der Waals surface area contributed by atoms with Gasteiger partial charge in [0.1, 0.15) is 10.7 Å². The molecular formula is C14H13ClFN3O4S. The van der Waals surface area contributed by atoms with Gasteiger partial charge in [-0.15, -0.1) is 0 Å². The molecule has 2 aromatic carbocycles. The number of non-ortho nitro benzene ring substituents is 1. The topological polar surface area (TPSA) is 101 Å². The summed E-state index contributed by atoms with van der Waals surface area (Å²) in [5.74, 6) is -0.626. The Morgan fingerprint density at radius 1 is 1.12 bits per heavy atom. The van der Waals surface area contributed by atoms with Crippen LogP contribution in [0.5, 0.6) is 0 Å². The fourth-order valence-electron chi connectivity index (χ4n) is 1.86. The predicted octanol–water partition coefficient (Wildman–Crippen LogP) is 2.78. The van der Waals surface area contributed by atoms with Crippen LogP contribution in [-0.2, 0) is 10.0 Å². The van der Waals surface area contributed by atoms with Crippen LogP contribution in [0, 0.1) is 15.9 Å². The van der Waals surface area contributed by atoms with E-state index in [-0.39, 0.29) is 28.7 Å². The molecule has 2 aromatic rings. The van der Waals surface area contributed by atoms with Gasteiger partial charge in [0, 0.05) is 30.9 Å². The quantitative estimate of drug-likeness (QED) is 0.441. The SMILES string of the molecule is O=[N+]([O-])c1ccc(NCCNS(=O)(=O)c2ccc(F)cc2Cl)cc1. The van der Waals surface area contributed by atoms with Crippen LogP contribution in [0.3, 0.4) is 0 Å². The normalized spacial score (nSPS) is 11.2. The zero-order valence-electron chi connectivity index (χ0n) is 12.2. The minimum atomic E-state index is -3.86. The third-order valence-electron chi connectivity index (χ3n) is 3.01. The van der Waals surface area contributed by atoms with Crippen molar-refractivity contribution in [1.82, 2.24) is 4.72 Å². The maximum absolute atomic E-state index is 13.0. The number of nitro groups is 1. The summed E-state index contributed by atoms with van der Waals surface area (Å²) in [5, 5.41) is 13.3. The summed E-state index contributed by atoms with van der Waals surface area (Å²) in [6, 6.07) is 8.73. The van der Waals surface area contributed by atoms with Gasteiger partial charge in [-0.05, 0) is 30.3 Å². The van der Waals surface area contributed by atoms with Crippen molar-refractivity contribution in [3.63, 3.8) is 0 Å². The number of nitrogens with zero attached hydrogens (tertiary/aromatic N) is 1. The average Bonchev–Trinajstić information content (AvgIpc) is 2.51. The second-order valence-corrected chi connectivity index (χ2v) is 6.85. The Kier molecular flexibility index (Phi) is 5.71. The van der Waals surface area contributed by atoms with Crippen LogP contribution in [-0.4, -0.2) is 26.4 Å². The molecule has 7 nitrogen and oxygen atoms in total. The van der Waals surface area contributed by atoms with Gasteiger partial charge in [0.05, 0.1) is 9.95 Å². The summed E-state index contributed by atoms with van der Waals surface area (Å²) in [7, 11) is -3.86. The number of halogens is 2. The first-order valence-electron chi connectivity index (χ1n) is 6.72. The van der Waals surface area contributed by atoms with Crippen molar-refractivity contribution in [2.24, 2.45) is 0 Å². The van der Waals surface area contributed by atoms with Crippen molar-refractivity contribution in [3.8, 4) is 0 Å². The first-order chi connectivity index (χ1) is 11.3. The van der Waals surface area contributed by atoms with Gasteiger partial charge in [-0.25, -0.2) is 17.5 Å². The average molecular weight is 374 g/mol. The molecule has 0 saturated heterocycles. The Morgan fingerprint density at radius 3 is 2.38 bits per heavy atom. The molecule has 0 aliphatic carbocycles. The molecule has 0 atom stereocenters. The molecule has 0 aliphatic heterocycles. The van der Waals surface area contributed by atoms with E-state index < -0.39 is 20.8 Å². The summed E-state index contributed by atoms with van der Waals surface area (Å²) in [6.45, 7) is 0.295. The number of anilines is 1. The van der Waals surface area contributed by atoms with Crippen LogP contribution >= 0.6 is 11.6 Å². The number of benzene rings is 2. The molecule has 2 rings (SSSR count). The van der Waals surface area contributed by atoms with Crippen LogP contribution in [0.4, 0.5) is 15.8 Å². The van der Waals surface area contributed by atoms with Crippen LogP contribution in [0.25, 0.3) is 0 Å². The molecule has 0 aromatic heterocycles. The lowest BCUT2D eigenvalue weighted by Crippen LogP contribution is -2.29. The molecule has 0 fully saturated rings. The molecule has 0 amide bonds. The molecular weight excluding hydrogens is 361 g/mol. The zero-order valence-corrected chi connectivity index (χ0v) is 13.8. The van der Waals surface area contributed by atoms with Gasteiger partial charge < -0.3 is 5.32 Å². The smallest absolute Gasteiger partial charge is 0.269 e.